The maximum absolute atomic E-state index is 13.7. The first-order valence-corrected chi connectivity index (χ1v) is 6.37. The molecular formula is C15H13F3N2O2. The molecule has 1 heterocycles. The van der Waals surface area contributed by atoms with E-state index in [0.29, 0.717) is 6.07 Å². The summed E-state index contributed by atoms with van der Waals surface area (Å²) in [5.41, 5.74) is -1.89. The van der Waals surface area contributed by atoms with Gasteiger partial charge in [0.05, 0.1) is 6.54 Å². The Balaban J connectivity index is 2.10. The predicted octanol–water partition coefficient (Wildman–Crippen LogP) is 2.14. The Morgan fingerprint density at radius 3 is 2.64 bits per heavy atom. The maximum atomic E-state index is 13.7. The van der Waals surface area contributed by atoms with Crippen molar-refractivity contribution in [2.45, 2.75) is 12.5 Å². The Morgan fingerprint density at radius 2 is 2.00 bits per heavy atom. The highest BCUT2D eigenvalue weighted by molar-refractivity contribution is 5.94. The fourth-order valence-corrected chi connectivity index (χ4v) is 1.92. The quantitative estimate of drug-likeness (QED) is 0.851. The van der Waals surface area contributed by atoms with Crippen molar-refractivity contribution in [1.82, 2.24) is 10.3 Å². The van der Waals surface area contributed by atoms with Crippen molar-refractivity contribution in [3.63, 3.8) is 0 Å². The van der Waals surface area contributed by atoms with E-state index in [0.717, 1.165) is 24.4 Å². The number of aromatic nitrogens is 1. The van der Waals surface area contributed by atoms with E-state index < -0.39 is 29.1 Å². The normalized spacial score (nSPS) is 13.5. The van der Waals surface area contributed by atoms with E-state index in [-0.39, 0.29) is 17.7 Å². The number of nitrogens with zero attached hydrogens (tertiary/aromatic N) is 1. The van der Waals surface area contributed by atoms with Crippen LogP contribution in [-0.2, 0) is 5.60 Å². The number of hydrogen-bond acceptors (Lipinski definition) is 3. The van der Waals surface area contributed by atoms with Crippen LogP contribution < -0.4 is 5.32 Å². The molecule has 2 N–H and O–H groups in total. The van der Waals surface area contributed by atoms with Gasteiger partial charge in [0.2, 0.25) is 5.95 Å². The largest absolute Gasteiger partial charge is 0.383 e. The lowest BCUT2D eigenvalue weighted by molar-refractivity contribution is 0.0494. The van der Waals surface area contributed by atoms with Crippen molar-refractivity contribution in [1.29, 1.82) is 0 Å². The molecule has 0 spiro atoms. The van der Waals surface area contributed by atoms with Gasteiger partial charge in [-0.15, -0.1) is 0 Å². The molecule has 1 amide bonds. The lowest BCUT2D eigenvalue weighted by atomic mass is 9.95. The minimum absolute atomic E-state index is 0.0166. The van der Waals surface area contributed by atoms with E-state index in [4.69, 9.17) is 0 Å². The molecule has 1 aromatic carbocycles. The van der Waals surface area contributed by atoms with Crippen molar-refractivity contribution in [3.8, 4) is 0 Å². The van der Waals surface area contributed by atoms with E-state index >= 15 is 0 Å². The first-order valence-electron chi connectivity index (χ1n) is 6.37. The average molecular weight is 310 g/mol. The van der Waals surface area contributed by atoms with Crippen LogP contribution in [0.1, 0.15) is 22.8 Å². The number of hydrogen-bond donors (Lipinski definition) is 2. The fourth-order valence-electron chi connectivity index (χ4n) is 1.92. The van der Waals surface area contributed by atoms with Gasteiger partial charge in [-0.2, -0.15) is 4.39 Å². The van der Waals surface area contributed by atoms with Crippen LogP contribution in [0.25, 0.3) is 0 Å². The third-order valence-electron chi connectivity index (χ3n) is 3.09. The molecule has 1 aromatic heterocycles. The molecule has 4 nitrogen and oxygen atoms in total. The zero-order valence-corrected chi connectivity index (χ0v) is 11.6. The number of halogens is 3. The Morgan fingerprint density at radius 1 is 1.27 bits per heavy atom. The second kappa shape index (κ2) is 6.15. The lowest BCUT2D eigenvalue weighted by Gasteiger charge is -2.24. The van der Waals surface area contributed by atoms with Crippen LogP contribution in [0.3, 0.4) is 0 Å². The summed E-state index contributed by atoms with van der Waals surface area (Å²) < 4.78 is 39.5. The number of pyridine rings is 1. The van der Waals surface area contributed by atoms with E-state index in [9.17, 15) is 23.1 Å². The lowest BCUT2D eigenvalue weighted by Crippen LogP contribution is -2.39. The molecule has 0 saturated heterocycles. The van der Waals surface area contributed by atoms with Crippen molar-refractivity contribution in [2.75, 3.05) is 6.54 Å². The molecule has 0 bridgehead atoms. The number of nitrogens with one attached hydrogen (secondary N) is 1. The van der Waals surface area contributed by atoms with Gasteiger partial charge in [0, 0.05) is 29.5 Å². The Bertz CT molecular complexity index is 705. The van der Waals surface area contributed by atoms with Crippen LogP contribution in [0.2, 0.25) is 0 Å². The van der Waals surface area contributed by atoms with Crippen LogP contribution in [0.15, 0.2) is 36.5 Å². The van der Waals surface area contributed by atoms with Crippen LogP contribution >= 0.6 is 0 Å². The monoisotopic (exact) mass is 310 g/mol. The van der Waals surface area contributed by atoms with Gasteiger partial charge >= 0.3 is 0 Å². The number of rotatable bonds is 4. The zero-order chi connectivity index (χ0) is 16.3. The summed E-state index contributed by atoms with van der Waals surface area (Å²) in [6, 6.07) is 4.98. The summed E-state index contributed by atoms with van der Waals surface area (Å²) >= 11 is 0. The topological polar surface area (TPSA) is 62.2 Å². The van der Waals surface area contributed by atoms with Crippen LogP contribution in [0.5, 0.6) is 0 Å². The molecule has 0 fully saturated rings. The Labute approximate surface area is 124 Å². The highest BCUT2D eigenvalue weighted by atomic mass is 19.1. The molecule has 2 rings (SSSR count). The smallest absolute Gasteiger partial charge is 0.251 e. The summed E-state index contributed by atoms with van der Waals surface area (Å²) in [5, 5.41) is 12.6. The van der Waals surface area contributed by atoms with Gasteiger partial charge in [-0.3, -0.25) is 4.79 Å². The van der Waals surface area contributed by atoms with Crippen molar-refractivity contribution in [3.05, 3.63) is 65.2 Å². The van der Waals surface area contributed by atoms with Gasteiger partial charge in [0.25, 0.3) is 5.91 Å². The standard InChI is InChI=1S/C15H13F3N2O2/c1-15(22,11-3-2-10(16)7-12(11)17)8-20-14(21)9-4-5-19-13(18)6-9/h2-7,22H,8H2,1H3,(H,20,21). The first-order chi connectivity index (χ1) is 10.3. The highest BCUT2D eigenvalue weighted by Gasteiger charge is 2.27. The molecule has 116 valence electrons. The van der Waals surface area contributed by atoms with Gasteiger partial charge in [-0.05, 0) is 19.1 Å². The van der Waals surface area contributed by atoms with Gasteiger partial charge in [0.15, 0.2) is 0 Å². The number of benzene rings is 1. The molecule has 0 aliphatic heterocycles. The molecular weight excluding hydrogens is 297 g/mol. The number of amides is 1. The summed E-state index contributed by atoms with van der Waals surface area (Å²) in [4.78, 5) is 15.2. The molecule has 1 unspecified atom stereocenters. The SMILES string of the molecule is CC(O)(CNC(=O)c1ccnc(F)c1)c1ccc(F)cc1F. The third kappa shape index (κ3) is 3.62. The van der Waals surface area contributed by atoms with E-state index in [1.54, 1.807) is 0 Å². The molecule has 0 aliphatic carbocycles. The molecule has 0 aliphatic rings. The molecule has 2 aromatic rings. The minimum atomic E-state index is -1.75. The Hall–Kier alpha value is -2.41. The van der Waals surface area contributed by atoms with Crippen molar-refractivity contribution >= 4 is 5.91 Å². The van der Waals surface area contributed by atoms with Crippen LogP contribution in [0, 0.1) is 17.6 Å². The van der Waals surface area contributed by atoms with Gasteiger partial charge < -0.3 is 10.4 Å². The molecule has 0 radical (unpaired) electrons. The highest BCUT2D eigenvalue weighted by Crippen LogP contribution is 2.23. The molecule has 22 heavy (non-hydrogen) atoms. The third-order valence-corrected chi connectivity index (χ3v) is 3.09. The average Bonchev–Trinajstić information content (AvgIpc) is 2.44. The predicted molar refractivity (Wildman–Crippen MR) is 72.5 cm³/mol. The summed E-state index contributed by atoms with van der Waals surface area (Å²) in [7, 11) is 0. The van der Waals surface area contributed by atoms with E-state index in [2.05, 4.69) is 10.3 Å². The van der Waals surface area contributed by atoms with E-state index in [1.807, 2.05) is 0 Å². The number of carbonyl (C=O) groups is 1. The van der Waals surface area contributed by atoms with Crippen LogP contribution in [0.4, 0.5) is 13.2 Å². The number of aliphatic hydroxyl groups is 1. The van der Waals surface area contributed by atoms with Gasteiger partial charge in [-0.25, -0.2) is 13.8 Å². The van der Waals surface area contributed by atoms with E-state index in [1.165, 1.54) is 13.0 Å². The second-order valence-corrected chi connectivity index (χ2v) is 4.95. The summed E-state index contributed by atoms with van der Waals surface area (Å²) in [6.07, 6.45) is 1.13. The first kappa shape index (κ1) is 16.0. The minimum Gasteiger partial charge on any atom is -0.383 e. The molecule has 7 heteroatoms. The Kier molecular flexibility index (Phi) is 4.46. The number of carbonyl (C=O) groups excluding carboxylic acids is 1. The zero-order valence-electron chi connectivity index (χ0n) is 11.6. The molecule has 0 saturated carbocycles. The second-order valence-electron chi connectivity index (χ2n) is 4.95. The van der Waals surface area contributed by atoms with Crippen molar-refractivity contribution < 1.29 is 23.1 Å². The van der Waals surface area contributed by atoms with Gasteiger partial charge in [0.1, 0.15) is 17.2 Å². The summed E-state index contributed by atoms with van der Waals surface area (Å²) in [5.74, 6) is -3.16. The van der Waals surface area contributed by atoms with Crippen LogP contribution in [-0.4, -0.2) is 22.5 Å². The van der Waals surface area contributed by atoms with Gasteiger partial charge in [-0.1, -0.05) is 6.07 Å². The fraction of sp³-hybridized carbons (Fsp3) is 0.200. The summed E-state index contributed by atoms with van der Waals surface area (Å²) in [6.45, 7) is 0.940. The molecule has 1 atom stereocenters. The van der Waals surface area contributed by atoms with Crippen molar-refractivity contribution in [2.24, 2.45) is 0 Å². The maximum Gasteiger partial charge on any atom is 0.251 e.